The molecule has 0 radical (unpaired) electrons. The summed E-state index contributed by atoms with van der Waals surface area (Å²) in [4.78, 5) is 0.190. The summed E-state index contributed by atoms with van der Waals surface area (Å²) in [5.41, 5.74) is 5.75. The van der Waals surface area contributed by atoms with Gasteiger partial charge in [-0.1, -0.05) is 0 Å². The lowest BCUT2D eigenvalue weighted by atomic mass is 10.0. The Bertz CT molecular complexity index is 587. The highest BCUT2D eigenvalue weighted by Crippen LogP contribution is 2.41. The third-order valence-electron chi connectivity index (χ3n) is 3.28. The van der Waals surface area contributed by atoms with Crippen molar-refractivity contribution in [2.75, 3.05) is 5.73 Å². The molecular weight excluding hydrogens is 396 g/mol. The first-order valence-corrected chi connectivity index (χ1v) is 8.99. The van der Waals surface area contributed by atoms with Crippen molar-refractivity contribution in [3.63, 3.8) is 0 Å². The number of rotatable bonds is 4. The molecule has 0 atom stereocenters. The van der Waals surface area contributed by atoms with Gasteiger partial charge in [0, 0.05) is 20.2 Å². The van der Waals surface area contributed by atoms with Crippen LogP contribution in [0.2, 0.25) is 0 Å². The molecule has 1 fully saturated rings. The molecule has 1 aliphatic carbocycles. The Balaban J connectivity index is 2.40. The fourth-order valence-corrected chi connectivity index (χ4v) is 6.22. The van der Waals surface area contributed by atoms with Crippen molar-refractivity contribution in [1.29, 1.82) is 0 Å². The fraction of sp³-hybridized carbons (Fsp3) is 0.500. The molecule has 1 aromatic rings. The van der Waals surface area contributed by atoms with E-state index in [-0.39, 0.29) is 4.90 Å². The molecule has 0 spiro atoms. The molecular formula is C12H16Br2N2O2S. The third kappa shape index (κ3) is 3.32. The largest absolute Gasteiger partial charge is 0.399 e. The summed E-state index contributed by atoms with van der Waals surface area (Å²) in [5, 5.41) is 0. The van der Waals surface area contributed by atoms with Gasteiger partial charge >= 0.3 is 0 Å². The Kier molecular flexibility index (Phi) is 4.04. The highest BCUT2D eigenvalue weighted by atomic mass is 79.9. The van der Waals surface area contributed by atoms with Crippen LogP contribution < -0.4 is 10.5 Å². The van der Waals surface area contributed by atoms with Gasteiger partial charge < -0.3 is 5.73 Å². The van der Waals surface area contributed by atoms with Crippen molar-refractivity contribution in [3.8, 4) is 0 Å². The Hall–Kier alpha value is -0.110. The number of halogens is 2. The first-order chi connectivity index (χ1) is 8.63. The molecule has 0 bridgehead atoms. The van der Waals surface area contributed by atoms with Crippen LogP contribution in [-0.4, -0.2) is 14.0 Å². The summed E-state index contributed by atoms with van der Waals surface area (Å²) >= 11 is 6.53. The molecule has 7 heteroatoms. The van der Waals surface area contributed by atoms with Gasteiger partial charge in [-0.3, -0.25) is 0 Å². The van der Waals surface area contributed by atoms with Crippen LogP contribution in [-0.2, 0) is 10.0 Å². The Labute approximate surface area is 130 Å². The molecule has 3 N–H and O–H groups in total. The number of anilines is 1. The molecule has 2 rings (SSSR count). The average Bonchev–Trinajstić information content (AvgIpc) is 2.94. The van der Waals surface area contributed by atoms with Crippen molar-refractivity contribution in [2.24, 2.45) is 5.92 Å². The topological polar surface area (TPSA) is 72.2 Å². The van der Waals surface area contributed by atoms with Gasteiger partial charge in [-0.2, -0.15) is 0 Å². The van der Waals surface area contributed by atoms with E-state index in [1.807, 2.05) is 13.8 Å². The molecule has 106 valence electrons. The van der Waals surface area contributed by atoms with Crippen molar-refractivity contribution in [2.45, 2.75) is 37.1 Å². The van der Waals surface area contributed by atoms with E-state index in [1.165, 1.54) is 0 Å². The molecule has 1 aromatic carbocycles. The van der Waals surface area contributed by atoms with E-state index >= 15 is 0 Å². The van der Waals surface area contributed by atoms with E-state index in [4.69, 9.17) is 5.73 Å². The van der Waals surface area contributed by atoms with Gasteiger partial charge in [0.1, 0.15) is 4.90 Å². The van der Waals surface area contributed by atoms with E-state index in [0.717, 1.165) is 12.8 Å². The van der Waals surface area contributed by atoms with E-state index in [0.29, 0.717) is 20.6 Å². The fourth-order valence-electron chi connectivity index (χ4n) is 2.12. The van der Waals surface area contributed by atoms with Crippen LogP contribution in [0.5, 0.6) is 0 Å². The predicted octanol–water partition coefficient (Wildman–Crippen LogP) is 3.26. The minimum atomic E-state index is -3.60. The summed E-state index contributed by atoms with van der Waals surface area (Å²) in [7, 11) is -3.60. The Morgan fingerprint density at radius 2 is 1.74 bits per heavy atom. The third-order valence-corrected chi connectivity index (χ3v) is 6.83. The number of hydrogen-bond donors (Lipinski definition) is 2. The number of benzene rings is 1. The van der Waals surface area contributed by atoms with Crippen LogP contribution in [0.25, 0.3) is 0 Å². The Morgan fingerprint density at radius 3 is 2.16 bits per heavy atom. The second-order valence-corrected chi connectivity index (χ2v) is 8.74. The summed E-state index contributed by atoms with van der Waals surface area (Å²) < 4.78 is 28.7. The number of nitrogen functional groups attached to an aromatic ring is 1. The molecule has 19 heavy (non-hydrogen) atoms. The smallest absolute Gasteiger partial charge is 0.243 e. The van der Waals surface area contributed by atoms with Gasteiger partial charge in [0.15, 0.2) is 0 Å². The summed E-state index contributed by atoms with van der Waals surface area (Å²) in [6.07, 6.45) is 2.14. The molecule has 0 aliphatic heterocycles. The lowest BCUT2D eigenvalue weighted by Gasteiger charge is -2.26. The first kappa shape index (κ1) is 15.3. The van der Waals surface area contributed by atoms with Crippen molar-refractivity contribution >= 4 is 47.6 Å². The zero-order valence-corrected chi connectivity index (χ0v) is 14.7. The van der Waals surface area contributed by atoms with Crippen molar-refractivity contribution in [3.05, 3.63) is 21.1 Å². The maximum absolute atomic E-state index is 12.5. The SMILES string of the molecule is CC(C)(NS(=O)(=O)c1c(Br)cc(N)cc1Br)C1CC1. The van der Waals surface area contributed by atoms with Gasteiger partial charge in [0.25, 0.3) is 0 Å². The van der Waals surface area contributed by atoms with Crippen molar-refractivity contribution in [1.82, 2.24) is 4.72 Å². The number of nitrogens with one attached hydrogen (secondary N) is 1. The van der Waals surface area contributed by atoms with Gasteiger partial charge in [0.2, 0.25) is 10.0 Å². The zero-order valence-electron chi connectivity index (χ0n) is 10.7. The highest BCUT2D eigenvalue weighted by molar-refractivity contribution is 9.11. The van der Waals surface area contributed by atoms with Crippen molar-refractivity contribution < 1.29 is 8.42 Å². The zero-order chi connectivity index (χ0) is 14.4. The maximum Gasteiger partial charge on any atom is 0.243 e. The highest BCUT2D eigenvalue weighted by Gasteiger charge is 2.41. The van der Waals surface area contributed by atoms with Crippen LogP contribution in [0.4, 0.5) is 5.69 Å². The monoisotopic (exact) mass is 410 g/mol. The van der Waals surface area contributed by atoms with Gasteiger partial charge in [-0.25, -0.2) is 13.1 Å². The molecule has 0 amide bonds. The molecule has 1 aliphatic rings. The molecule has 1 saturated carbocycles. The second-order valence-electron chi connectivity index (χ2n) is 5.42. The maximum atomic E-state index is 12.5. The summed E-state index contributed by atoms with van der Waals surface area (Å²) in [6, 6.07) is 3.17. The number of sulfonamides is 1. The Morgan fingerprint density at radius 1 is 1.26 bits per heavy atom. The lowest BCUT2D eigenvalue weighted by molar-refractivity contribution is 0.400. The van der Waals surface area contributed by atoms with Crippen LogP contribution in [0.1, 0.15) is 26.7 Å². The molecule has 0 unspecified atom stereocenters. The number of hydrogen-bond acceptors (Lipinski definition) is 3. The summed E-state index contributed by atoms with van der Waals surface area (Å²) in [5.74, 6) is 0.411. The molecule has 0 aromatic heterocycles. The normalized spacial score (nSPS) is 16.6. The van der Waals surface area contributed by atoms with Gasteiger partial charge in [-0.15, -0.1) is 0 Å². The second kappa shape index (κ2) is 5.02. The van der Waals surface area contributed by atoms with Crippen LogP contribution >= 0.6 is 31.9 Å². The quantitative estimate of drug-likeness (QED) is 0.746. The van der Waals surface area contributed by atoms with Crippen LogP contribution in [0, 0.1) is 5.92 Å². The molecule has 0 heterocycles. The van der Waals surface area contributed by atoms with E-state index < -0.39 is 15.6 Å². The number of nitrogens with two attached hydrogens (primary N) is 1. The van der Waals surface area contributed by atoms with E-state index in [1.54, 1.807) is 12.1 Å². The minimum absolute atomic E-state index is 0.190. The van der Waals surface area contributed by atoms with E-state index in [9.17, 15) is 8.42 Å². The van der Waals surface area contributed by atoms with Crippen LogP contribution in [0.15, 0.2) is 26.0 Å². The molecule has 0 saturated heterocycles. The van der Waals surface area contributed by atoms with Gasteiger partial charge in [-0.05, 0) is 76.6 Å². The first-order valence-electron chi connectivity index (χ1n) is 5.92. The standard InChI is InChI=1S/C12H16Br2N2O2S/c1-12(2,7-3-4-7)16-19(17,18)11-9(13)5-8(15)6-10(11)14/h5-7,16H,3-4,15H2,1-2H3. The predicted molar refractivity (Wildman–Crippen MR) is 83.4 cm³/mol. The summed E-state index contributed by atoms with van der Waals surface area (Å²) in [6.45, 7) is 3.84. The van der Waals surface area contributed by atoms with E-state index in [2.05, 4.69) is 36.6 Å². The van der Waals surface area contributed by atoms with Crippen LogP contribution in [0.3, 0.4) is 0 Å². The van der Waals surface area contributed by atoms with Gasteiger partial charge in [0.05, 0.1) is 0 Å². The minimum Gasteiger partial charge on any atom is -0.399 e. The molecule has 4 nitrogen and oxygen atoms in total. The average molecular weight is 412 g/mol. The lowest BCUT2D eigenvalue weighted by Crippen LogP contribution is -2.45.